The monoisotopic (exact) mass is 114 g/mol. The van der Waals surface area contributed by atoms with E-state index in [1.807, 2.05) is 0 Å². The van der Waals surface area contributed by atoms with Gasteiger partial charge in [0.25, 0.3) is 5.91 Å². The van der Waals surface area contributed by atoms with Crippen LogP contribution in [0.15, 0.2) is 5.10 Å². The molecule has 1 amide bonds. The molecule has 0 saturated heterocycles. The molecule has 1 aliphatic rings. The first-order chi connectivity index (χ1) is 3.79. The Hall–Kier alpha value is -1.06. The largest absolute Gasteiger partial charge is 0.470 e. The van der Waals surface area contributed by atoms with Crippen molar-refractivity contribution in [1.29, 1.82) is 0 Å². The standard InChI is InChI=1S/C4H6N2O2/c1-3-5-6-4(7)2-8-3/h2H2,1H3,(H,6,7). The summed E-state index contributed by atoms with van der Waals surface area (Å²) in [5.74, 6) is 0.306. The van der Waals surface area contributed by atoms with Gasteiger partial charge in [0, 0.05) is 6.92 Å². The molecule has 4 nitrogen and oxygen atoms in total. The van der Waals surface area contributed by atoms with Gasteiger partial charge in [0.2, 0.25) is 5.90 Å². The van der Waals surface area contributed by atoms with E-state index in [4.69, 9.17) is 4.74 Å². The van der Waals surface area contributed by atoms with Crippen LogP contribution in [0.3, 0.4) is 0 Å². The molecule has 1 rings (SSSR count). The van der Waals surface area contributed by atoms with E-state index < -0.39 is 0 Å². The summed E-state index contributed by atoms with van der Waals surface area (Å²) in [5.41, 5.74) is 2.26. The molecule has 1 aliphatic heterocycles. The molecule has 0 aromatic carbocycles. The molecular weight excluding hydrogens is 108 g/mol. The summed E-state index contributed by atoms with van der Waals surface area (Å²) in [6.07, 6.45) is 0. The molecule has 1 N–H and O–H groups in total. The van der Waals surface area contributed by atoms with Gasteiger partial charge in [0.05, 0.1) is 0 Å². The van der Waals surface area contributed by atoms with E-state index in [2.05, 4.69) is 10.5 Å². The minimum absolute atomic E-state index is 0.0926. The molecule has 0 fully saturated rings. The fourth-order valence-electron chi connectivity index (χ4n) is 0.376. The predicted molar refractivity (Wildman–Crippen MR) is 27.2 cm³/mol. The predicted octanol–water partition coefficient (Wildman–Crippen LogP) is -0.534. The van der Waals surface area contributed by atoms with Gasteiger partial charge in [0.15, 0.2) is 6.61 Å². The first-order valence-corrected chi connectivity index (χ1v) is 2.25. The normalized spacial score (nSPS) is 18.6. The second-order valence-electron chi connectivity index (χ2n) is 1.45. The van der Waals surface area contributed by atoms with Gasteiger partial charge in [-0.25, -0.2) is 5.43 Å². The quantitative estimate of drug-likeness (QED) is 0.460. The van der Waals surface area contributed by atoms with Crippen LogP contribution < -0.4 is 5.43 Å². The maximum atomic E-state index is 10.3. The van der Waals surface area contributed by atoms with Crippen molar-refractivity contribution in [2.24, 2.45) is 5.10 Å². The molecule has 4 heteroatoms. The van der Waals surface area contributed by atoms with Crippen LogP contribution in [0.5, 0.6) is 0 Å². The number of carbonyl (C=O) groups excluding carboxylic acids is 1. The van der Waals surface area contributed by atoms with Gasteiger partial charge < -0.3 is 4.74 Å². The van der Waals surface area contributed by atoms with E-state index in [1.165, 1.54) is 0 Å². The molecular formula is C4H6N2O2. The SMILES string of the molecule is CC1=NNC(=O)CO1. The lowest BCUT2D eigenvalue weighted by Crippen LogP contribution is -2.30. The zero-order valence-corrected chi connectivity index (χ0v) is 4.47. The second-order valence-corrected chi connectivity index (χ2v) is 1.45. The number of carbonyl (C=O) groups is 1. The molecule has 0 atom stereocenters. The number of hydrogen-bond donors (Lipinski definition) is 1. The summed E-state index contributed by atoms with van der Waals surface area (Å²) in [7, 11) is 0. The average molecular weight is 114 g/mol. The van der Waals surface area contributed by atoms with Gasteiger partial charge in [-0.3, -0.25) is 4.79 Å². The topological polar surface area (TPSA) is 50.7 Å². The van der Waals surface area contributed by atoms with Crippen molar-refractivity contribution in [2.75, 3.05) is 6.61 Å². The van der Waals surface area contributed by atoms with Gasteiger partial charge in [-0.05, 0) is 0 Å². The van der Waals surface area contributed by atoms with Gasteiger partial charge in [-0.15, -0.1) is 5.10 Å². The van der Waals surface area contributed by atoms with Gasteiger partial charge in [-0.1, -0.05) is 0 Å². The van der Waals surface area contributed by atoms with E-state index in [0.717, 1.165) is 0 Å². The third kappa shape index (κ3) is 0.959. The molecule has 0 bridgehead atoms. The van der Waals surface area contributed by atoms with Crippen LogP contribution in [0, 0.1) is 0 Å². The third-order valence-corrected chi connectivity index (χ3v) is 0.750. The lowest BCUT2D eigenvalue weighted by molar-refractivity contribution is -0.124. The fourth-order valence-corrected chi connectivity index (χ4v) is 0.376. The Bertz CT molecular complexity index is 141. The Balaban J connectivity index is 2.55. The van der Waals surface area contributed by atoms with E-state index in [9.17, 15) is 4.79 Å². The van der Waals surface area contributed by atoms with E-state index in [1.54, 1.807) is 6.92 Å². The summed E-state index contributed by atoms with van der Waals surface area (Å²) < 4.78 is 4.73. The van der Waals surface area contributed by atoms with Crippen LogP contribution in [0.1, 0.15) is 6.92 Å². The first kappa shape index (κ1) is 5.08. The van der Waals surface area contributed by atoms with Crippen molar-refractivity contribution in [3.63, 3.8) is 0 Å². The Morgan fingerprint density at radius 2 is 2.62 bits per heavy atom. The highest BCUT2D eigenvalue weighted by atomic mass is 16.5. The molecule has 8 heavy (non-hydrogen) atoms. The lowest BCUT2D eigenvalue weighted by Gasteiger charge is -2.08. The molecule has 0 aliphatic carbocycles. The van der Waals surface area contributed by atoms with Gasteiger partial charge >= 0.3 is 0 Å². The van der Waals surface area contributed by atoms with E-state index in [-0.39, 0.29) is 12.5 Å². The van der Waals surface area contributed by atoms with Crippen molar-refractivity contribution in [3.05, 3.63) is 0 Å². The Morgan fingerprint density at radius 3 is 3.00 bits per heavy atom. The van der Waals surface area contributed by atoms with Gasteiger partial charge in [0.1, 0.15) is 0 Å². The van der Waals surface area contributed by atoms with Crippen molar-refractivity contribution >= 4 is 11.8 Å². The number of hydrogen-bond acceptors (Lipinski definition) is 3. The van der Waals surface area contributed by atoms with Crippen LogP contribution in [0.2, 0.25) is 0 Å². The van der Waals surface area contributed by atoms with E-state index in [0.29, 0.717) is 5.90 Å². The maximum Gasteiger partial charge on any atom is 0.278 e. The number of rotatable bonds is 0. The summed E-state index contributed by atoms with van der Waals surface area (Å²) in [5, 5.41) is 3.51. The van der Waals surface area contributed by atoms with E-state index >= 15 is 0 Å². The van der Waals surface area contributed by atoms with Crippen LogP contribution >= 0.6 is 0 Å². The molecule has 0 radical (unpaired) electrons. The average Bonchev–Trinajstić information content (AvgIpc) is 1.77. The molecule has 0 saturated carbocycles. The highest BCUT2D eigenvalue weighted by Crippen LogP contribution is 1.85. The Labute approximate surface area is 46.5 Å². The fraction of sp³-hybridized carbons (Fsp3) is 0.500. The molecule has 0 aromatic rings. The molecule has 0 aromatic heterocycles. The van der Waals surface area contributed by atoms with Gasteiger partial charge in [-0.2, -0.15) is 0 Å². The molecule has 1 heterocycles. The number of nitrogens with one attached hydrogen (secondary N) is 1. The number of nitrogens with zero attached hydrogens (tertiary/aromatic N) is 1. The Kier molecular flexibility index (Phi) is 1.15. The van der Waals surface area contributed by atoms with Crippen LogP contribution in [0.4, 0.5) is 0 Å². The number of amides is 1. The lowest BCUT2D eigenvalue weighted by atomic mass is 10.6. The third-order valence-electron chi connectivity index (χ3n) is 0.750. The second kappa shape index (κ2) is 1.81. The minimum Gasteiger partial charge on any atom is -0.470 e. The van der Waals surface area contributed by atoms with Crippen molar-refractivity contribution in [2.45, 2.75) is 6.92 Å². The van der Waals surface area contributed by atoms with Crippen LogP contribution in [-0.2, 0) is 9.53 Å². The van der Waals surface area contributed by atoms with Crippen molar-refractivity contribution < 1.29 is 9.53 Å². The zero-order chi connectivity index (χ0) is 5.98. The minimum atomic E-state index is -0.199. The summed E-state index contributed by atoms with van der Waals surface area (Å²) in [6, 6.07) is 0. The zero-order valence-electron chi connectivity index (χ0n) is 4.47. The van der Waals surface area contributed by atoms with Crippen molar-refractivity contribution in [1.82, 2.24) is 5.43 Å². The highest BCUT2D eigenvalue weighted by molar-refractivity contribution is 5.85. The highest BCUT2D eigenvalue weighted by Gasteiger charge is 2.06. The summed E-state index contributed by atoms with van der Waals surface area (Å²) >= 11 is 0. The maximum absolute atomic E-state index is 10.3. The number of hydrazone groups is 1. The van der Waals surface area contributed by atoms with Crippen molar-refractivity contribution in [3.8, 4) is 0 Å². The molecule has 0 unspecified atom stereocenters. The number of ether oxygens (including phenoxy) is 1. The summed E-state index contributed by atoms with van der Waals surface area (Å²) in [4.78, 5) is 10.3. The molecule has 0 spiro atoms. The first-order valence-electron chi connectivity index (χ1n) is 2.25. The van der Waals surface area contributed by atoms with Crippen LogP contribution in [0.25, 0.3) is 0 Å². The van der Waals surface area contributed by atoms with Crippen LogP contribution in [-0.4, -0.2) is 18.4 Å². The smallest absolute Gasteiger partial charge is 0.278 e. The Morgan fingerprint density at radius 1 is 1.88 bits per heavy atom. The summed E-state index contributed by atoms with van der Waals surface area (Å²) in [6.45, 7) is 1.77. The molecule has 44 valence electrons.